The van der Waals surface area contributed by atoms with E-state index in [9.17, 15) is 18.0 Å². The standard InChI is InChI=1S/C17H24N2O5S/c1-17(2,3)24-16(21)19-13(9-10-15(18)20)11-12-25(22,23)14-7-5-4-6-8-14/h4-8,11-13H,9-10H2,1-3H3,(H2,18,20)(H,19,21)/b12-11+. The predicted octanol–water partition coefficient (Wildman–Crippen LogP) is 2.13. The fraction of sp³-hybridized carbons (Fsp3) is 0.412. The Morgan fingerprint density at radius 1 is 1.24 bits per heavy atom. The number of amides is 2. The van der Waals surface area contributed by atoms with Crippen LogP contribution in [0.5, 0.6) is 0 Å². The smallest absolute Gasteiger partial charge is 0.408 e. The van der Waals surface area contributed by atoms with Gasteiger partial charge in [0.05, 0.1) is 10.9 Å². The summed E-state index contributed by atoms with van der Waals surface area (Å²) in [5.41, 5.74) is 4.42. The van der Waals surface area contributed by atoms with Crippen molar-refractivity contribution in [1.82, 2.24) is 5.32 Å². The molecular formula is C17H24N2O5S. The Labute approximate surface area is 148 Å². The van der Waals surface area contributed by atoms with Gasteiger partial charge in [-0.15, -0.1) is 0 Å². The number of hydrogen-bond donors (Lipinski definition) is 2. The van der Waals surface area contributed by atoms with E-state index in [0.29, 0.717) is 0 Å². The number of carbonyl (C=O) groups excluding carboxylic acids is 2. The Morgan fingerprint density at radius 2 is 1.84 bits per heavy atom. The zero-order valence-electron chi connectivity index (χ0n) is 14.6. The fourth-order valence-corrected chi connectivity index (χ4v) is 2.95. The molecule has 1 aromatic rings. The van der Waals surface area contributed by atoms with E-state index >= 15 is 0 Å². The van der Waals surface area contributed by atoms with Crippen molar-refractivity contribution in [2.75, 3.05) is 0 Å². The van der Waals surface area contributed by atoms with Crippen molar-refractivity contribution in [3.8, 4) is 0 Å². The third-order valence-corrected chi connectivity index (χ3v) is 4.41. The second-order valence-corrected chi connectivity index (χ2v) is 8.28. The molecule has 1 atom stereocenters. The molecule has 0 aliphatic rings. The van der Waals surface area contributed by atoms with Crippen LogP contribution in [0.3, 0.4) is 0 Å². The second kappa shape index (κ2) is 8.66. The van der Waals surface area contributed by atoms with Crippen LogP contribution in [0.2, 0.25) is 0 Å². The van der Waals surface area contributed by atoms with Crippen LogP contribution >= 0.6 is 0 Å². The topological polar surface area (TPSA) is 116 Å². The van der Waals surface area contributed by atoms with Crippen molar-refractivity contribution in [2.24, 2.45) is 5.73 Å². The van der Waals surface area contributed by atoms with Gasteiger partial charge in [-0.3, -0.25) is 4.79 Å². The average molecular weight is 368 g/mol. The summed E-state index contributed by atoms with van der Waals surface area (Å²) in [6, 6.07) is 7.18. The summed E-state index contributed by atoms with van der Waals surface area (Å²) in [7, 11) is -3.65. The normalized spacial score (nSPS) is 13.4. The van der Waals surface area contributed by atoms with Gasteiger partial charge in [-0.25, -0.2) is 13.2 Å². The number of sulfone groups is 1. The van der Waals surface area contributed by atoms with E-state index in [1.807, 2.05) is 0 Å². The zero-order chi connectivity index (χ0) is 19.1. The van der Waals surface area contributed by atoms with Crippen molar-refractivity contribution in [3.05, 3.63) is 41.8 Å². The molecule has 8 heteroatoms. The molecule has 3 N–H and O–H groups in total. The summed E-state index contributed by atoms with van der Waals surface area (Å²) in [4.78, 5) is 23.0. The van der Waals surface area contributed by atoms with Gasteiger partial charge in [0, 0.05) is 11.8 Å². The molecule has 0 heterocycles. The van der Waals surface area contributed by atoms with E-state index < -0.39 is 33.5 Å². The van der Waals surface area contributed by atoms with E-state index in [-0.39, 0.29) is 17.7 Å². The number of alkyl carbamates (subject to hydrolysis) is 1. The molecule has 0 spiro atoms. The highest BCUT2D eigenvalue weighted by molar-refractivity contribution is 7.94. The van der Waals surface area contributed by atoms with Crippen LogP contribution in [-0.2, 0) is 19.4 Å². The third kappa shape index (κ3) is 8.35. The highest BCUT2D eigenvalue weighted by Crippen LogP contribution is 2.13. The van der Waals surface area contributed by atoms with E-state index in [4.69, 9.17) is 10.5 Å². The lowest BCUT2D eigenvalue weighted by molar-refractivity contribution is -0.118. The van der Waals surface area contributed by atoms with Crippen molar-refractivity contribution >= 4 is 21.8 Å². The molecule has 1 unspecified atom stereocenters. The Hall–Kier alpha value is -2.35. The number of rotatable bonds is 7. The summed E-state index contributed by atoms with van der Waals surface area (Å²) in [6.45, 7) is 5.13. The Balaban J connectivity index is 2.89. The summed E-state index contributed by atoms with van der Waals surface area (Å²) >= 11 is 0. The first-order chi connectivity index (χ1) is 11.5. The number of nitrogens with one attached hydrogen (secondary N) is 1. The molecular weight excluding hydrogens is 344 g/mol. The molecule has 138 valence electrons. The maximum atomic E-state index is 12.3. The average Bonchev–Trinajstić information content (AvgIpc) is 2.49. The molecule has 2 amide bonds. The van der Waals surface area contributed by atoms with Gasteiger partial charge in [0.25, 0.3) is 0 Å². The van der Waals surface area contributed by atoms with Crippen LogP contribution in [0.25, 0.3) is 0 Å². The Morgan fingerprint density at radius 3 is 2.36 bits per heavy atom. The quantitative estimate of drug-likeness (QED) is 0.765. The zero-order valence-corrected chi connectivity index (χ0v) is 15.4. The summed E-state index contributed by atoms with van der Waals surface area (Å²) in [6.07, 6.45) is 0.768. The second-order valence-electron chi connectivity index (χ2n) is 6.44. The molecule has 0 aliphatic heterocycles. The van der Waals surface area contributed by atoms with Crippen LogP contribution in [0.1, 0.15) is 33.6 Å². The molecule has 0 aliphatic carbocycles. The van der Waals surface area contributed by atoms with E-state index in [1.165, 1.54) is 18.2 Å². The molecule has 0 saturated heterocycles. The van der Waals surface area contributed by atoms with E-state index in [1.54, 1.807) is 39.0 Å². The summed E-state index contributed by atoms with van der Waals surface area (Å²) < 4.78 is 29.7. The van der Waals surface area contributed by atoms with Gasteiger partial charge in [-0.2, -0.15) is 0 Å². The summed E-state index contributed by atoms with van der Waals surface area (Å²) in [5.74, 6) is -0.546. The van der Waals surface area contributed by atoms with Gasteiger partial charge < -0.3 is 15.8 Å². The largest absolute Gasteiger partial charge is 0.444 e. The molecule has 1 aromatic carbocycles. The van der Waals surface area contributed by atoms with Gasteiger partial charge in [0.15, 0.2) is 9.84 Å². The van der Waals surface area contributed by atoms with Gasteiger partial charge in [-0.1, -0.05) is 24.3 Å². The molecule has 0 bridgehead atoms. The molecule has 0 fully saturated rings. The molecule has 1 rings (SSSR count). The number of benzene rings is 1. The van der Waals surface area contributed by atoms with Crippen LogP contribution < -0.4 is 11.1 Å². The minimum atomic E-state index is -3.65. The minimum Gasteiger partial charge on any atom is -0.444 e. The molecule has 7 nitrogen and oxygen atoms in total. The molecule has 0 aromatic heterocycles. The van der Waals surface area contributed by atoms with Gasteiger partial charge in [-0.05, 0) is 39.3 Å². The van der Waals surface area contributed by atoms with Gasteiger partial charge in [0.1, 0.15) is 5.60 Å². The highest BCUT2D eigenvalue weighted by Gasteiger charge is 2.19. The first kappa shape index (κ1) is 20.7. The van der Waals surface area contributed by atoms with Crippen LogP contribution in [0.4, 0.5) is 4.79 Å². The lowest BCUT2D eigenvalue weighted by atomic mass is 10.1. The highest BCUT2D eigenvalue weighted by atomic mass is 32.2. The van der Waals surface area contributed by atoms with E-state index in [0.717, 1.165) is 5.41 Å². The lowest BCUT2D eigenvalue weighted by Gasteiger charge is -2.22. The lowest BCUT2D eigenvalue weighted by Crippen LogP contribution is -2.38. The number of ether oxygens (including phenoxy) is 1. The Bertz CT molecular complexity index is 721. The first-order valence-electron chi connectivity index (χ1n) is 7.76. The first-order valence-corrected chi connectivity index (χ1v) is 9.30. The fourth-order valence-electron chi connectivity index (χ4n) is 1.86. The minimum absolute atomic E-state index is 0.00378. The van der Waals surface area contributed by atoms with Crippen molar-refractivity contribution in [3.63, 3.8) is 0 Å². The van der Waals surface area contributed by atoms with Crippen LogP contribution in [0, 0.1) is 0 Å². The van der Waals surface area contributed by atoms with E-state index in [2.05, 4.69) is 5.32 Å². The monoisotopic (exact) mass is 368 g/mol. The molecule has 25 heavy (non-hydrogen) atoms. The summed E-state index contributed by atoms with van der Waals surface area (Å²) in [5, 5.41) is 3.54. The maximum Gasteiger partial charge on any atom is 0.408 e. The predicted molar refractivity (Wildman–Crippen MR) is 94.4 cm³/mol. The number of carbonyl (C=O) groups is 2. The third-order valence-electron chi connectivity index (χ3n) is 2.97. The number of hydrogen-bond acceptors (Lipinski definition) is 5. The van der Waals surface area contributed by atoms with Crippen LogP contribution in [-0.4, -0.2) is 32.1 Å². The molecule has 0 saturated carbocycles. The van der Waals surface area contributed by atoms with Gasteiger partial charge in [0.2, 0.25) is 5.91 Å². The van der Waals surface area contributed by atoms with Crippen molar-refractivity contribution in [2.45, 2.75) is 50.2 Å². The SMILES string of the molecule is CC(C)(C)OC(=O)NC(/C=C/S(=O)(=O)c1ccccc1)CCC(N)=O. The van der Waals surface area contributed by atoms with Crippen LogP contribution in [0.15, 0.2) is 46.7 Å². The maximum absolute atomic E-state index is 12.3. The van der Waals surface area contributed by atoms with Gasteiger partial charge >= 0.3 is 6.09 Å². The number of nitrogens with two attached hydrogens (primary N) is 1. The van der Waals surface area contributed by atoms with Crippen molar-refractivity contribution < 1.29 is 22.7 Å². The number of primary amides is 1. The molecule has 0 radical (unpaired) electrons. The Kier molecular flexibility index (Phi) is 7.17. The van der Waals surface area contributed by atoms with Crippen molar-refractivity contribution in [1.29, 1.82) is 0 Å².